The van der Waals surface area contributed by atoms with E-state index in [0.29, 0.717) is 18.7 Å². The van der Waals surface area contributed by atoms with Gasteiger partial charge in [0.15, 0.2) is 6.61 Å². The van der Waals surface area contributed by atoms with Crippen molar-refractivity contribution in [1.82, 2.24) is 5.32 Å². The molecule has 1 rings (SSSR count). The highest BCUT2D eigenvalue weighted by Gasteiger charge is 2.15. The first-order valence-corrected chi connectivity index (χ1v) is 6.41. The van der Waals surface area contributed by atoms with Gasteiger partial charge in [0.2, 0.25) is 5.75 Å². The van der Waals surface area contributed by atoms with Crippen LogP contribution in [0.25, 0.3) is 0 Å². The highest BCUT2D eigenvalue weighted by molar-refractivity contribution is 5.85. The summed E-state index contributed by atoms with van der Waals surface area (Å²) in [4.78, 5) is 21.7. The number of methoxy groups -OCH3 is 1. The summed E-state index contributed by atoms with van der Waals surface area (Å²) in [7, 11) is 1.33. The minimum atomic E-state index is -0.552. The molecule has 9 heteroatoms. The van der Waals surface area contributed by atoms with Crippen molar-refractivity contribution in [2.24, 2.45) is 5.73 Å². The van der Waals surface area contributed by atoms with Gasteiger partial charge in [-0.15, -0.1) is 12.4 Å². The molecule has 8 nitrogen and oxygen atoms in total. The van der Waals surface area contributed by atoms with Crippen molar-refractivity contribution >= 4 is 24.0 Å². The van der Waals surface area contributed by atoms with Gasteiger partial charge in [0.25, 0.3) is 5.91 Å². The number of rotatable bonds is 8. The molecule has 1 unspecified atom stereocenters. The molecule has 0 aromatic heterocycles. The molecule has 22 heavy (non-hydrogen) atoms. The summed E-state index contributed by atoms with van der Waals surface area (Å²) in [5.41, 5.74) is 5.40. The Morgan fingerprint density at radius 3 is 2.73 bits per heavy atom. The summed E-state index contributed by atoms with van der Waals surface area (Å²) in [5, 5.41) is 13.4. The van der Waals surface area contributed by atoms with Gasteiger partial charge in [0, 0.05) is 24.7 Å². The number of halogens is 1. The molecule has 1 atom stereocenters. The van der Waals surface area contributed by atoms with Crippen LogP contribution < -0.4 is 20.5 Å². The molecule has 1 amide bonds. The van der Waals surface area contributed by atoms with Crippen LogP contribution in [-0.2, 0) is 4.79 Å². The SMILES string of the molecule is COc1cc(OCC(=O)NCCC(C)N)ccc1[N+](=O)[O-].Cl. The Bertz CT molecular complexity index is 510. The predicted octanol–water partition coefficient (Wildman–Crippen LogP) is 1.26. The molecule has 0 aliphatic carbocycles. The molecule has 0 heterocycles. The van der Waals surface area contributed by atoms with Crippen LogP contribution in [0.1, 0.15) is 13.3 Å². The second kappa shape index (κ2) is 9.80. The molecule has 1 aromatic carbocycles. The van der Waals surface area contributed by atoms with Crippen LogP contribution in [0.5, 0.6) is 11.5 Å². The Labute approximate surface area is 134 Å². The number of nitrogens with one attached hydrogen (secondary N) is 1. The number of benzene rings is 1. The van der Waals surface area contributed by atoms with Crippen LogP contribution in [0.3, 0.4) is 0 Å². The van der Waals surface area contributed by atoms with E-state index in [4.69, 9.17) is 15.2 Å². The van der Waals surface area contributed by atoms with Crippen molar-refractivity contribution < 1.29 is 19.2 Å². The number of amides is 1. The van der Waals surface area contributed by atoms with Crippen molar-refractivity contribution in [2.45, 2.75) is 19.4 Å². The van der Waals surface area contributed by atoms with Crippen LogP contribution in [-0.4, -0.2) is 37.1 Å². The maximum absolute atomic E-state index is 11.5. The molecule has 1 aromatic rings. The van der Waals surface area contributed by atoms with E-state index in [-0.39, 0.29) is 42.4 Å². The lowest BCUT2D eigenvalue weighted by molar-refractivity contribution is -0.385. The number of hydrogen-bond acceptors (Lipinski definition) is 6. The number of ether oxygens (including phenoxy) is 2. The van der Waals surface area contributed by atoms with Gasteiger partial charge in [-0.3, -0.25) is 14.9 Å². The molecule has 124 valence electrons. The number of carbonyl (C=O) groups is 1. The second-order valence-electron chi connectivity index (χ2n) is 4.50. The van der Waals surface area contributed by atoms with E-state index in [1.54, 1.807) is 0 Å². The standard InChI is InChI=1S/C13H19N3O5.ClH/c1-9(14)5-6-15-13(17)8-21-10-3-4-11(16(18)19)12(7-10)20-2;/h3-4,7,9H,5-6,8,14H2,1-2H3,(H,15,17);1H. The number of carbonyl (C=O) groups excluding carboxylic acids is 1. The smallest absolute Gasteiger partial charge is 0.311 e. The van der Waals surface area contributed by atoms with E-state index < -0.39 is 4.92 Å². The molecule has 0 aliphatic heterocycles. The summed E-state index contributed by atoms with van der Waals surface area (Å²) in [6.07, 6.45) is 0.678. The van der Waals surface area contributed by atoms with Gasteiger partial charge in [-0.1, -0.05) is 0 Å². The number of nitrogens with zero attached hydrogens (tertiary/aromatic N) is 1. The van der Waals surface area contributed by atoms with Crippen LogP contribution >= 0.6 is 12.4 Å². The molecular formula is C13H20ClN3O5. The summed E-state index contributed by atoms with van der Waals surface area (Å²) in [6.45, 7) is 2.15. The van der Waals surface area contributed by atoms with Crippen molar-refractivity contribution in [1.29, 1.82) is 0 Å². The van der Waals surface area contributed by atoms with Crippen LogP contribution in [0, 0.1) is 10.1 Å². The zero-order valence-electron chi connectivity index (χ0n) is 12.4. The number of nitro benzene ring substituents is 1. The molecule has 0 saturated carbocycles. The van der Waals surface area contributed by atoms with Gasteiger partial charge in [0.1, 0.15) is 5.75 Å². The van der Waals surface area contributed by atoms with Crippen LogP contribution in [0.2, 0.25) is 0 Å². The molecular weight excluding hydrogens is 314 g/mol. The van der Waals surface area contributed by atoms with Gasteiger partial charge in [-0.05, 0) is 19.4 Å². The largest absolute Gasteiger partial charge is 0.490 e. The fourth-order valence-electron chi connectivity index (χ4n) is 1.54. The van der Waals surface area contributed by atoms with Crippen LogP contribution in [0.4, 0.5) is 5.69 Å². The Morgan fingerprint density at radius 2 is 2.18 bits per heavy atom. The normalized spacial score (nSPS) is 11.0. The zero-order valence-corrected chi connectivity index (χ0v) is 13.2. The quantitative estimate of drug-likeness (QED) is 0.546. The minimum absolute atomic E-state index is 0. The maximum Gasteiger partial charge on any atom is 0.311 e. The van der Waals surface area contributed by atoms with E-state index in [2.05, 4.69) is 5.32 Å². The van der Waals surface area contributed by atoms with Crippen molar-refractivity contribution in [2.75, 3.05) is 20.3 Å². The monoisotopic (exact) mass is 333 g/mol. The Balaban J connectivity index is 0.00000441. The van der Waals surface area contributed by atoms with E-state index in [0.717, 1.165) is 0 Å². The average Bonchev–Trinajstić information content (AvgIpc) is 2.44. The first kappa shape index (κ1) is 19.9. The Kier molecular flexibility index (Phi) is 8.88. The molecule has 0 saturated heterocycles. The Hall–Kier alpha value is -2.06. The lowest BCUT2D eigenvalue weighted by Crippen LogP contribution is -2.32. The van der Waals surface area contributed by atoms with Gasteiger partial charge in [0.05, 0.1) is 12.0 Å². The van der Waals surface area contributed by atoms with Gasteiger partial charge < -0.3 is 20.5 Å². The average molecular weight is 334 g/mol. The number of nitrogens with two attached hydrogens (primary N) is 1. The van der Waals surface area contributed by atoms with E-state index >= 15 is 0 Å². The van der Waals surface area contributed by atoms with Gasteiger partial charge >= 0.3 is 5.69 Å². The van der Waals surface area contributed by atoms with E-state index in [1.807, 2.05) is 6.92 Å². The van der Waals surface area contributed by atoms with Crippen molar-refractivity contribution in [3.8, 4) is 11.5 Å². The highest BCUT2D eigenvalue weighted by atomic mass is 35.5. The summed E-state index contributed by atoms with van der Waals surface area (Å²) < 4.78 is 10.2. The molecule has 0 radical (unpaired) electrons. The lowest BCUT2D eigenvalue weighted by atomic mass is 10.2. The van der Waals surface area contributed by atoms with Gasteiger partial charge in [-0.25, -0.2) is 0 Å². The first-order chi connectivity index (χ1) is 9.93. The Morgan fingerprint density at radius 1 is 1.50 bits per heavy atom. The fourth-order valence-corrected chi connectivity index (χ4v) is 1.54. The summed E-state index contributed by atoms with van der Waals surface area (Å²) in [5.74, 6) is 0.114. The highest BCUT2D eigenvalue weighted by Crippen LogP contribution is 2.30. The number of nitro groups is 1. The predicted molar refractivity (Wildman–Crippen MR) is 83.7 cm³/mol. The van der Waals surface area contributed by atoms with Gasteiger partial charge in [-0.2, -0.15) is 0 Å². The second-order valence-corrected chi connectivity index (χ2v) is 4.50. The van der Waals surface area contributed by atoms with Crippen molar-refractivity contribution in [3.05, 3.63) is 28.3 Å². The van der Waals surface area contributed by atoms with Crippen LogP contribution in [0.15, 0.2) is 18.2 Å². The minimum Gasteiger partial charge on any atom is -0.490 e. The molecule has 0 spiro atoms. The molecule has 0 aliphatic rings. The van der Waals surface area contributed by atoms with E-state index in [9.17, 15) is 14.9 Å². The molecule has 0 fully saturated rings. The fraction of sp³-hybridized carbons (Fsp3) is 0.462. The topological polar surface area (TPSA) is 117 Å². The zero-order chi connectivity index (χ0) is 15.8. The van der Waals surface area contributed by atoms with E-state index in [1.165, 1.54) is 25.3 Å². The summed E-state index contributed by atoms with van der Waals surface area (Å²) >= 11 is 0. The first-order valence-electron chi connectivity index (χ1n) is 6.41. The third kappa shape index (κ3) is 6.59. The lowest BCUT2D eigenvalue weighted by Gasteiger charge is -2.09. The number of hydrogen-bond donors (Lipinski definition) is 2. The molecule has 0 bridgehead atoms. The maximum atomic E-state index is 11.5. The third-order valence-corrected chi connectivity index (χ3v) is 2.64. The third-order valence-electron chi connectivity index (χ3n) is 2.64. The summed E-state index contributed by atoms with van der Waals surface area (Å²) in [6, 6.07) is 4.07. The van der Waals surface area contributed by atoms with Crippen molar-refractivity contribution in [3.63, 3.8) is 0 Å². The molecule has 3 N–H and O–H groups in total.